The van der Waals surface area contributed by atoms with Gasteiger partial charge in [0.2, 0.25) is 0 Å². The first-order chi connectivity index (χ1) is 7.27. The van der Waals surface area contributed by atoms with E-state index in [0.29, 0.717) is 10.6 Å². The van der Waals surface area contributed by atoms with Crippen LogP contribution in [0.25, 0.3) is 0 Å². The minimum Gasteiger partial charge on any atom is -0.422 e. The monoisotopic (exact) mass is 219 g/mol. The lowest BCUT2D eigenvalue weighted by Crippen LogP contribution is -2.07. The molecule has 0 saturated heterocycles. The maximum Gasteiger partial charge on any atom is 0.355 e. The maximum atomic E-state index is 11.6. The molecule has 0 amide bonds. The number of benzene rings is 1. The van der Waals surface area contributed by atoms with E-state index < -0.39 is 0 Å². The molecule has 0 atom stereocenters. The molecule has 0 aliphatic carbocycles. The summed E-state index contributed by atoms with van der Waals surface area (Å²) in [6.45, 7) is 1.90. The highest BCUT2D eigenvalue weighted by molar-refractivity contribution is 7.11. The fourth-order valence-corrected chi connectivity index (χ4v) is 1.63. The first kappa shape index (κ1) is 9.86. The van der Waals surface area contributed by atoms with Crippen molar-refractivity contribution in [1.82, 2.24) is 4.98 Å². The highest BCUT2D eigenvalue weighted by atomic mass is 32.1. The van der Waals surface area contributed by atoms with Crippen molar-refractivity contribution < 1.29 is 9.53 Å². The lowest BCUT2D eigenvalue weighted by molar-refractivity contribution is 0.0738. The number of rotatable bonds is 2. The van der Waals surface area contributed by atoms with Gasteiger partial charge in [0, 0.05) is 0 Å². The number of esters is 1. The van der Waals surface area contributed by atoms with Crippen LogP contribution in [0.4, 0.5) is 0 Å². The number of aromatic nitrogens is 1. The lowest BCUT2D eigenvalue weighted by Gasteiger charge is -2.04. The van der Waals surface area contributed by atoms with Crippen molar-refractivity contribution in [2.45, 2.75) is 6.92 Å². The van der Waals surface area contributed by atoms with Crippen molar-refractivity contribution >= 4 is 17.3 Å². The third kappa shape index (κ3) is 2.22. The Balaban J connectivity index is 2.17. The molecule has 3 nitrogen and oxygen atoms in total. The van der Waals surface area contributed by atoms with E-state index in [-0.39, 0.29) is 5.97 Å². The zero-order valence-corrected chi connectivity index (χ0v) is 8.95. The first-order valence-electron chi connectivity index (χ1n) is 4.43. The molecular weight excluding hydrogens is 210 g/mol. The van der Waals surface area contributed by atoms with E-state index in [9.17, 15) is 4.79 Å². The summed E-state index contributed by atoms with van der Waals surface area (Å²) >= 11 is 1.27. The number of thiazole rings is 1. The van der Waals surface area contributed by atoms with Crippen LogP contribution < -0.4 is 4.74 Å². The normalized spacial score (nSPS) is 9.93. The largest absolute Gasteiger partial charge is 0.422 e. The molecule has 0 fully saturated rings. The first-order valence-corrected chi connectivity index (χ1v) is 5.31. The molecule has 2 aromatic rings. The average Bonchev–Trinajstić information content (AvgIpc) is 2.74. The number of nitrogens with zero attached hydrogens (tertiary/aromatic N) is 1. The number of aryl methyl sites for hydroxylation is 1. The molecule has 0 bridgehead atoms. The SMILES string of the molecule is Cc1ccccc1OC(=O)c1cncs1. The van der Waals surface area contributed by atoms with Gasteiger partial charge in [-0.1, -0.05) is 18.2 Å². The molecule has 0 N–H and O–H groups in total. The predicted octanol–water partition coefficient (Wildman–Crippen LogP) is 2.67. The Morgan fingerprint density at radius 3 is 2.87 bits per heavy atom. The van der Waals surface area contributed by atoms with E-state index in [4.69, 9.17) is 4.74 Å². The van der Waals surface area contributed by atoms with Gasteiger partial charge in [-0.15, -0.1) is 11.3 Å². The molecule has 0 aliphatic heterocycles. The molecule has 0 radical (unpaired) electrons. The molecule has 76 valence electrons. The van der Waals surface area contributed by atoms with Gasteiger partial charge in [0.15, 0.2) is 0 Å². The molecule has 0 unspecified atom stereocenters. The van der Waals surface area contributed by atoms with Gasteiger partial charge in [-0.25, -0.2) is 4.79 Å². The van der Waals surface area contributed by atoms with Crippen LogP contribution in [0.2, 0.25) is 0 Å². The smallest absolute Gasteiger partial charge is 0.355 e. The summed E-state index contributed by atoms with van der Waals surface area (Å²) in [5.41, 5.74) is 2.55. The molecule has 1 aromatic carbocycles. The Labute approximate surface area is 91.4 Å². The van der Waals surface area contributed by atoms with Crippen LogP contribution in [0, 0.1) is 6.92 Å². The fraction of sp³-hybridized carbons (Fsp3) is 0.0909. The number of hydrogen-bond acceptors (Lipinski definition) is 4. The maximum absolute atomic E-state index is 11.6. The van der Waals surface area contributed by atoms with Crippen LogP contribution in [-0.2, 0) is 0 Å². The van der Waals surface area contributed by atoms with Crippen molar-refractivity contribution in [2.75, 3.05) is 0 Å². The zero-order valence-electron chi connectivity index (χ0n) is 8.14. The van der Waals surface area contributed by atoms with Crippen molar-refractivity contribution in [2.24, 2.45) is 0 Å². The summed E-state index contributed by atoms with van der Waals surface area (Å²) in [5.74, 6) is 0.239. The van der Waals surface area contributed by atoms with Gasteiger partial charge in [0.05, 0.1) is 11.7 Å². The van der Waals surface area contributed by atoms with Crippen LogP contribution in [0.3, 0.4) is 0 Å². The fourth-order valence-electron chi connectivity index (χ4n) is 1.14. The minimum atomic E-state index is -0.355. The third-order valence-corrected chi connectivity index (χ3v) is 2.68. The second-order valence-corrected chi connectivity index (χ2v) is 3.91. The number of para-hydroxylation sites is 1. The van der Waals surface area contributed by atoms with Crippen LogP contribution >= 0.6 is 11.3 Å². The van der Waals surface area contributed by atoms with E-state index in [1.165, 1.54) is 17.5 Å². The molecule has 2 rings (SSSR count). The quantitative estimate of drug-likeness (QED) is 0.575. The minimum absolute atomic E-state index is 0.355. The highest BCUT2D eigenvalue weighted by Gasteiger charge is 2.10. The summed E-state index contributed by atoms with van der Waals surface area (Å²) in [6.07, 6.45) is 1.51. The third-order valence-electron chi connectivity index (χ3n) is 1.93. The molecule has 0 aliphatic rings. The van der Waals surface area contributed by atoms with Crippen molar-refractivity contribution in [1.29, 1.82) is 0 Å². The number of carbonyl (C=O) groups is 1. The Hall–Kier alpha value is -1.68. The van der Waals surface area contributed by atoms with Gasteiger partial charge < -0.3 is 4.74 Å². The summed E-state index contributed by atoms with van der Waals surface area (Å²) in [7, 11) is 0. The molecule has 1 aromatic heterocycles. The number of hydrogen-bond donors (Lipinski definition) is 0. The topological polar surface area (TPSA) is 39.2 Å². The van der Waals surface area contributed by atoms with E-state index in [0.717, 1.165) is 5.56 Å². The van der Waals surface area contributed by atoms with E-state index in [1.54, 1.807) is 11.6 Å². The summed E-state index contributed by atoms with van der Waals surface area (Å²) in [5, 5.41) is 0. The standard InChI is InChI=1S/C11H9NO2S/c1-8-4-2-3-5-9(8)14-11(13)10-6-12-7-15-10/h2-7H,1H3. The molecule has 0 saturated carbocycles. The van der Waals surface area contributed by atoms with Gasteiger partial charge in [-0.3, -0.25) is 4.98 Å². The van der Waals surface area contributed by atoms with Crippen LogP contribution in [0.5, 0.6) is 5.75 Å². The van der Waals surface area contributed by atoms with E-state index in [1.807, 2.05) is 25.1 Å². The van der Waals surface area contributed by atoms with Crippen LogP contribution in [0.15, 0.2) is 36.0 Å². The van der Waals surface area contributed by atoms with Crippen molar-refractivity contribution in [3.63, 3.8) is 0 Å². The Morgan fingerprint density at radius 1 is 1.40 bits per heavy atom. The average molecular weight is 219 g/mol. The van der Waals surface area contributed by atoms with Gasteiger partial charge in [-0.2, -0.15) is 0 Å². The van der Waals surface area contributed by atoms with Crippen LogP contribution in [-0.4, -0.2) is 11.0 Å². The molecule has 15 heavy (non-hydrogen) atoms. The van der Waals surface area contributed by atoms with Gasteiger partial charge >= 0.3 is 5.97 Å². The Kier molecular flexibility index (Phi) is 2.78. The molecule has 1 heterocycles. The summed E-state index contributed by atoms with van der Waals surface area (Å²) in [6, 6.07) is 7.41. The molecular formula is C11H9NO2S. The van der Waals surface area contributed by atoms with E-state index in [2.05, 4.69) is 4.98 Å². The van der Waals surface area contributed by atoms with Crippen molar-refractivity contribution in [3.05, 3.63) is 46.4 Å². The van der Waals surface area contributed by atoms with Gasteiger partial charge in [0.25, 0.3) is 0 Å². The van der Waals surface area contributed by atoms with Crippen LogP contribution in [0.1, 0.15) is 15.2 Å². The van der Waals surface area contributed by atoms with E-state index >= 15 is 0 Å². The molecule has 4 heteroatoms. The number of ether oxygens (including phenoxy) is 1. The van der Waals surface area contributed by atoms with Crippen molar-refractivity contribution in [3.8, 4) is 5.75 Å². The van der Waals surface area contributed by atoms with Gasteiger partial charge in [-0.05, 0) is 18.6 Å². The second-order valence-electron chi connectivity index (χ2n) is 3.02. The predicted molar refractivity (Wildman–Crippen MR) is 58.3 cm³/mol. The molecule has 0 spiro atoms. The number of carbonyl (C=O) groups excluding carboxylic acids is 1. The zero-order chi connectivity index (χ0) is 10.7. The Bertz CT molecular complexity index is 465. The van der Waals surface area contributed by atoms with Gasteiger partial charge in [0.1, 0.15) is 10.6 Å². The second kappa shape index (κ2) is 4.23. The highest BCUT2D eigenvalue weighted by Crippen LogP contribution is 2.18. The summed E-state index contributed by atoms with van der Waals surface area (Å²) in [4.78, 5) is 15.9. The summed E-state index contributed by atoms with van der Waals surface area (Å²) < 4.78 is 5.22. The Morgan fingerprint density at radius 2 is 2.20 bits per heavy atom. The lowest BCUT2D eigenvalue weighted by atomic mass is 10.2.